The normalized spacial score (nSPS) is 17.6. The maximum absolute atomic E-state index is 13.0. The van der Waals surface area contributed by atoms with Gasteiger partial charge in [-0.2, -0.15) is 0 Å². The molecule has 1 atom stereocenters. The molecule has 1 aliphatic heterocycles. The first-order valence-corrected chi connectivity index (χ1v) is 8.49. The second-order valence-corrected chi connectivity index (χ2v) is 6.31. The molecule has 1 aromatic carbocycles. The molecule has 3 heterocycles. The first-order chi connectivity index (χ1) is 12.2. The van der Waals surface area contributed by atoms with Crippen LogP contribution in [0.5, 0.6) is 0 Å². The topological polar surface area (TPSA) is 72.4 Å². The van der Waals surface area contributed by atoms with E-state index in [1.54, 1.807) is 6.07 Å². The average Bonchev–Trinajstić information content (AvgIpc) is 3.31. The van der Waals surface area contributed by atoms with Crippen molar-refractivity contribution in [1.82, 2.24) is 15.2 Å². The van der Waals surface area contributed by atoms with Crippen LogP contribution in [0.25, 0.3) is 11.3 Å². The Morgan fingerprint density at radius 3 is 2.72 bits per heavy atom. The molecule has 1 aliphatic rings. The number of hydrogen-bond acceptors (Lipinski definition) is 5. The van der Waals surface area contributed by atoms with Gasteiger partial charge in [0.1, 0.15) is 11.5 Å². The smallest absolute Gasteiger partial charge is 0.276 e. The Morgan fingerprint density at radius 2 is 1.96 bits per heavy atom. The van der Waals surface area contributed by atoms with Crippen LogP contribution in [0, 0.1) is 6.92 Å². The van der Waals surface area contributed by atoms with Gasteiger partial charge in [0.15, 0.2) is 11.5 Å². The van der Waals surface area contributed by atoms with Crippen molar-refractivity contribution in [2.75, 3.05) is 6.54 Å². The van der Waals surface area contributed by atoms with Crippen LogP contribution < -0.4 is 0 Å². The fourth-order valence-electron chi connectivity index (χ4n) is 3.29. The zero-order valence-electron chi connectivity index (χ0n) is 14.0. The third-order valence-corrected chi connectivity index (χ3v) is 4.54. The predicted molar refractivity (Wildman–Crippen MR) is 90.8 cm³/mol. The largest absolute Gasteiger partial charge is 0.361 e. The lowest BCUT2D eigenvalue weighted by molar-refractivity contribution is 0.0591. The number of likely N-dealkylation sites (tertiary alicyclic amines) is 1. The summed E-state index contributed by atoms with van der Waals surface area (Å²) in [6.07, 6.45) is 2.91. The number of amides is 1. The molecule has 0 saturated carbocycles. The standard InChI is InChI=1S/C19H19N3O3/c1-13-11-15(20-24-13)17-9-5-6-10-22(17)19(23)16-12-18(25-21-16)14-7-3-2-4-8-14/h2-4,7-8,11-12,17H,5-6,9-10H2,1H3. The quantitative estimate of drug-likeness (QED) is 0.722. The summed E-state index contributed by atoms with van der Waals surface area (Å²) < 4.78 is 10.6. The minimum absolute atomic E-state index is 0.0735. The lowest BCUT2D eigenvalue weighted by atomic mass is 9.98. The summed E-state index contributed by atoms with van der Waals surface area (Å²) in [6, 6.07) is 13.2. The van der Waals surface area contributed by atoms with E-state index in [2.05, 4.69) is 10.3 Å². The van der Waals surface area contributed by atoms with E-state index < -0.39 is 0 Å². The van der Waals surface area contributed by atoms with E-state index >= 15 is 0 Å². The number of hydrogen-bond donors (Lipinski definition) is 0. The number of benzene rings is 1. The first-order valence-electron chi connectivity index (χ1n) is 8.49. The Morgan fingerprint density at radius 1 is 1.12 bits per heavy atom. The molecule has 4 rings (SSSR count). The second-order valence-electron chi connectivity index (χ2n) is 6.31. The molecule has 1 unspecified atom stereocenters. The highest BCUT2D eigenvalue weighted by molar-refractivity contribution is 5.93. The van der Waals surface area contributed by atoms with Gasteiger partial charge in [-0.1, -0.05) is 40.6 Å². The zero-order chi connectivity index (χ0) is 17.2. The molecule has 0 bridgehead atoms. The second kappa shape index (κ2) is 6.55. The molecule has 128 valence electrons. The van der Waals surface area contributed by atoms with Gasteiger partial charge < -0.3 is 13.9 Å². The van der Waals surface area contributed by atoms with Crippen LogP contribution >= 0.6 is 0 Å². The number of nitrogens with zero attached hydrogens (tertiary/aromatic N) is 3. The molecule has 0 N–H and O–H groups in total. The van der Waals surface area contributed by atoms with E-state index in [0.29, 0.717) is 18.0 Å². The van der Waals surface area contributed by atoms with Crippen molar-refractivity contribution in [3.63, 3.8) is 0 Å². The molecule has 0 radical (unpaired) electrons. The van der Waals surface area contributed by atoms with Gasteiger partial charge in [-0.25, -0.2) is 0 Å². The van der Waals surface area contributed by atoms with Crippen LogP contribution in [-0.2, 0) is 0 Å². The lowest BCUT2D eigenvalue weighted by Gasteiger charge is -2.33. The average molecular weight is 337 g/mol. The number of carbonyl (C=O) groups is 1. The van der Waals surface area contributed by atoms with E-state index in [-0.39, 0.29) is 11.9 Å². The molecular weight excluding hydrogens is 318 g/mol. The highest BCUT2D eigenvalue weighted by atomic mass is 16.5. The summed E-state index contributed by atoms with van der Waals surface area (Å²) in [6.45, 7) is 2.54. The van der Waals surface area contributed by atoms with Gasteiger partial charge in [0.2, 0.25) is 0 Å². The van der Waals surface area contributed by atoms with E-state index in [1.807, 2.05) is 48.2 Å². The third-order valence-electron chi connectivity index (χ3n) is 4.54. The molecule has 2 aromatic heterocycles. The molecule has 1 amide bonds. The summed E-state index contributed by atoms with van der Waals surface area (Å²) >= 11 is 0. The van der Waals surface area contributed by atoms with Gasteiger partial charge in [0.05, 0.1) is 6.04 Å². The molecule has 1 saturated heterocycles. The number of rotatable bonds is 3. The number of piperidine rings is 1. The summed E-state index contributed by atoms with van der Waals surface area (Å²) in [5.41, 5.74) is 2.03. The highest BCUT2D eigenvalue weighted by Gasteiger charge is 2.32. The molecule has 6 nitrogen and oxygen atoms in total. The van der Waals surface area contributed by atoms with Crippen LogP contribution in [-0.4, -0.2) is 27.7 Å². The molecule has 0 spiro atoms. The molecule has 0 aliphatic carbocycles. The van der Waals surface area contributed by atoms with Crippen molar-refractivity contribution in [1.29, 1.82) is 0 Å². The fraction of sp³-hybridized carbons (Fsp3) is 0.316. The van der Waals surface area contributed by atoms with Gasteiger partial charge in [-0.3, -0.25) is 4.79 Å². The summed E-state index contributed by atoms with van der Waals surface area (Å²) in [5, 5.41) is 8.10. The summed E-state index contributed by atoms with van der Waals surface area (Å²) in [4.78, 5) is 14.8. The molecule has 25 heavy (non-hydrogen) atoms. The molecule has 6 heteroatoms. The van der Waals surface area contributed by atoms with E-state index in [4.69, 9.17) is 9.05 Å². The molecule has 3 aromatic rings. The van der Waals surface area contributed by atoms with Crippen LogP contribution in [0.3, 0.4) is 0 Å². The van der Waals surface area contributed by atoms with Crippen LogP contribution in [0.4, 0.5) is 0 Å². The summed E-state index contributed by atoms with van der Waals surface area (Å²) in [7, 11) is 0. The summed E-state index contributed by atoms with van der Waals surface area (Å²) in [5.74, 6) is 1.21. The van der Waals surface area contributed by atoms with Gasteiger partial charge in [-0.05, 0) is 26.2 Å². The van der Waals surface area contributed by atoms with Gasteiger partial charge >= 0.3 is 0 Å². The zero-order valence-corrected chi connectivity index (χ0v) is 14.0. The minimum atomic E-state index is -0.128. The van der Waals surface area contributed by atoms with Gasteiger partial charge in [0, 0.05) is 24.2 Å². The van der Waals surface area contributed by atoms with Crippen molar-refractivity contribution < 1.29 is 13.8 Å². The molecule has 1 fully saturated rings. The van der Waals surface area contributed by atoms with E-state index in [1.165, 1.54) is 0 Å². The van der Waals surface area contributed by atoms with Crippen LogP contribution in [0.1, 0.15) is 47.2 Å². The van der Waals surface area contributed by atoms with E-state index in [0.717, 1.165) is 36.3 Å². The number of aryl methyl sites for hydroxylation is 1. The van der Waals surface area contributed by atoms with Crippen molar-refractivity contribution in [3.8, 4) is 11.3 Å². The van der Waals surface area contributed by atoms with Crippen LogP contribution in [0.15, 0.2) is 51.5 Å². The first kappa shape index (κ1) is 15.6. The van der Waals surface area contributed by atoms with Crippen molar-refractivity contribution in [3.05, 3.63) is 59.6 Å². The van der Waals surface area contributed by atoms with Gasteiger partial charge in [0.25, 0.3) is 5.91 Å². The highest BCUT2D eigenvalue weighted by Crippen LogP contribution is 2.32. The van der Waals surface area contributed by atoms with Crippen molar-refractivity contribution in [2.45, 2.75) is 32.2 Å². The Bertz CT molecular complexity index is 869. The maximum Gasteiger partial charge on any atom is 0.276 e. The Labute approximate surface area is 145 Å². The van der Waals surface area contributed by atoms with Crippen molar-refractivity contribution in [2.24, 2.45) is 0 Å². The number of aromatic nitrogens is 2. The van der Waals surface area contributed by atoms with E-state index in [9.17, 15) is 4.79 Å². The number of carbonyl (C=O) groups excluding carboxylic acids is 1. The Kier molecular flexibility index (Phi) is 4.09. The lowest BCUT2D eigenvalue weighted by Crippen LogP contribution is -2.38. The maximum atomic E-state index is 13.0. The Hall–Kier alpha value is -2.89. The van der Waals surface area contributed by atoms with Gasteiger partial charge in [-0.15, -0.1) is 0 Å². The minimum Gasteiger partial charge on any atom is -0.361 e. The molecular formula is C19H19N3O3. The monoisotopic (exact) mass is 337 g/mol. The fourth-order valence-corrected chi connectivity index (χ4v) is 3.29. The van der Waals surface area contributed by atoms with Crippen molar-refractivity contribution >= 4 is 5.91 Å². The van der Waals surface area contributed by atoms with Crippen LogP contribution in [0.2, 0.25) is 0 Å². The SMILES string of the molecule is Cc1cc(C2CCCCN2C(=O)c2cc(-c3ccccc3)on2)no1. The third kappa shape index (κ3) is 3.07. The predicted octanol–water partition coefficient (Wildman–Crippen LogP) is 4.01. The Balaban J connectivity index is 1.60.